The second-order valence-electron chi connectivity index (χ2n) is 3.69. The van der Waals surface area contributed by atoms with Crippen LogP contribution in [0.1, 0.15) is 19.5 Å². The predicted molar refractivity (Wildman–Crippen MR) is 69.6 cm³/mol. The number of halogens is 1. The van der Waals surface area contributed by atoms with Gasteiger partial charge >= 0.3 is 0 Å². The fraction of sp³-hybridized carbons (Fsp3) is 0.636. The Balaban J connectivity index is 2.94. The van der Waals surface area contributed by atoms with Crippen LogP contribution in [0.25, 0.3) is 0 Å². The minimum absolute atomic E-state index is 0.344. The Kier molecular flexibility index (Phi) is 4.99. The maximum Gasteiger partial charge on any atom is 0.228 e. The summed E-state index contributed by atoms with van der Waals surface area (Å²) in [5.74, 6) is 1.34. The summed E-state index contributed by atoms with van der Waals surface area (Å²) in [7, 11) is 1.98. The summed E-state index contributed by atoms with van der Waals surface area (Å²) >= 11 is 3.45. The second kappa shape index (κ2) is 6.03. The fourth-order valence-corrected chi connectivity index (χ4v) is 1.64. The first-order valence-corrected chi connectivity index (χ1v) is 6.48. The first kappa shape index (κ1) is 13.2. The normalized spacial score (nSPS) is 12.3. The van der Waals surface area contributed by atoms with Gasteiger partial charge in [0.05, 0.1) is 6.61 Å². The van der Waals surface area contributed by atoms with Crippen LogP contribution in [0.5, 0.6) is 5.88 Å². The average Bonchev–Trinajstić information content (AvgIpc) is 2.26. The van der Waals surface area contributed by atoms with Crippen molar-refractivity contribution in [2.45, 2.75) is 26.8 Å². The average molecular weight is 288 g/mol. The van der Waals surface area contributed by atoms with Gasteiger partial charge in [0, 0.05) is 30.2 Å². The molecule has 1 aromatic rings. The third kappa shape index (κ3) is 3.33. The molecule has 1 heterocycles. The van der Waals surface area contributed by atoms with Gasteiger partial charge in [-0.1, -0.05) is 15.9 Å². The molecule has 0 bridgehead atoms. The first-order chi connectivity index (χ1) is 7.58. The molecular weight excluding hydrogens is 270 g/mol. The molecule has 1 atom stereocenters. The van der Waals surface area contributed by atoms with Crippen LogP contribution < -0.4 is 9.64 Å². The van der Waals surface area contributed by atoms with Gasteiger partial charge in [-0.15, -0.1) is 0 Å². The van der Waals surface area contributed by atoms with Gasteiger partial charge in [0.2, 0.25) is 11.8 Å². The van der Waals surface area contributed by atoms with E-state index in [1.54, 1.807) is 0 Å². The summed E-state index contributed by atoms with van der Waals surface area (Å²) in [5, 5.41) is 0.880. The number of ether oxygens (including phenoxy) is 1. The quantitative estimate of drug-likeness (QED) is 0.780. The highest BCUT2D eigenvalue weighted by Gasteiger charge is 2.13. The van der Waals surface area contributed by atoms with Crippen molar-refractivity contribution in [3.05, 3.63) is 11.8 Å². The first-order valence-electron chi connectivity index (χ1n) is 5.35. The summed E-state index contributed by atoms with van der Waals surface area (Å²) < 4.78 is 5.40. The molecule has 0 aliphatic rings. The van der Waals surface area contributed by atoms with Gasteiger partial charge in [-0.3, -0.25) is 0 Å². The van der Waals surface area contributed by atoms with Crippen LogP contribution >= 0.6 is 15.9 Å². The van der Waals surface area contributed by atoms with Crippen LogP contribution in [0.15, 0.2) is 6.07 Å². The van der Waals surface area contributed by atoms with Crippen molar-refractivity contribution in [1.29, 1.82) is 0 Å². The largest absolute Gasteiger partial charge is 0.478 e. The molecular formula is C11H18BrN3O. The number of hydrogen-bond donors (Lipinski definition) is 0. The number of aromatic nitrogens is 2. The van der Waals surface area contributed by atoms with E-state index in [0.29, 0.717) is 24.5 Å². The van der Waals surface area contributed by atoms with Gasteiger partial charge < -0.3 is 9.64 Å². The molecule has 1 aromatic heterocycles. The van der Waals surface area contributed by atoms with Crippen molar-refractivity contribution in [2.75, 3.05) is 23.9 Å². The molecule has 90 valence electrons. The van der Waals surface area contributed by atoms with E-state index < -0.39 is 0 Å². The minimum Gasteiger partial charge on any atom is -0.478 e. The molecule has 0 saturated heterocycles. The molecule has 0 aliphatic heterocycles. The van der Waals surface area contributed by atoms with Crippen molar-refractivity contribution < 1.29 is 4.74 Å². The molecule has 0 radical (unpaired) electrons. The second-order valence-corrected chi connectivity index (χ2v) is 4.34. The van der Waals surface area contributed by atoms with Crippen LogP contribution in [0, 0.1) is 6.92 Å². The summed E-state index contributed by atoms with van der Waals surface area (Å²) in [6.07, 6.45) is 0. The molecule has 5 heteroatoms. The standard InChI is InChI=1S/C11H18BrN3O/c1-5-16-10-6-8(2)13-11(14-10)15(4)9(3)7-12/h6,9H,5,7H2,1-4H3. The van der Waals surface area contributed by atoms with Crippen molar-refractivity contribution >= 4 is 21.9 Å². The SMILES string of the molecule is CCOc1cc(C)nc(N(C)C(C)CBr)n1. The Morgan fingerprint density at radius 1 is 1.50 bits per heavy atom. The Bertz CT molecular complexity index is 346. The van der Waals surface area contributed by atoms with Crippen molar-refractivity contribution in [2.24, 2.45) is 0 Å². The van der Waals surface area contributed by atoms with E-state index >= 15 is 0 Å². The van der Waals surface area contributed by atoms with E-state index in [-0.39, 0.29) is 0 Å². The van der Waals surface area contributed by atoms with E-state index in [1.807, 2.05) is 31.9 Å². The van der Waals surface area contributed by atoms with Crippen LogP contribution in [0.2, 0.25) is 0 Å². The van der Waals surface area contributed by atoms with Crippen LogP contribution in [0.4, 0.5) is 5.95 Å². The molecule has 4 nitrogen and oxygen atoms in total. The molecule has 0 aliphatic carbocycles. The number of alkyl halides is 1. The maximum atomic E-state index is 5.40. The summed E-state index contributed by atoms with van der Waals surface area (Å²) in [6.45, 7) is 6.62. The molecule has 0 spiro atoms. The Morgan fingerprint density at radius 3 is 2.75 bits per heavy atom. The summed E-state index contributed by atoms with van der Waals surface area (Å²) in [6, 6.07) is 2.19. The highest BCUT2D eigenvalue weighted by Crippen LogP contribution is 2.16. The van der Waals surface area contributed by atoms with Gasteiger partial charge in [0.25, 0.3) is 0 Å². The van der Waals surface area contributed by atoms with Gasteiger partial charge in [-0.2, -0.15) is 4.98 Å². The molecule has 1 rings (SSSR count). The lowest BCUT2D eigenvalue weighted by molar-refractivity contribution is 0.326. The third-order valence-corrected chi connectivity index (χ3v) is 3.25. The van der Waals surface area contributed by atoms with Gasteiger partial charge in [-0.05, 0) is 20.8 Å². The third-order valence-electron chi connectivity index (χ3n) is 2.31. The monoisotopic (exact) mass is 287 g/mol. The van der Waals surface area contributed by atoms with Crippen LogP contribution in [0.3, 0.4) is 0 Å². The van der Waals surface area contributed by atoms with Gasteiger partial charge in [0.15, 0.2) is 0 Å². The topological polar surface area (TPSA) is 38.2 Å². The van der Waals surface area contributed by atoms with Crippen LogP contribution in [-0.4, -0.2) is 35.0 Å². The van der Waals surface area contributed by atoms with E-state index in [2.05, 4.69) is 32.8 Å². The fourth-order valence-electron chi connectivity index (χ4n) is 1.20. The molecule has 0 saturated carbocycles. The van der Waals surface area contributed by atoms with Crippen molar-refractivity contribution in [3.63, 3.8) is 0 Å². The Labute approximate surface area is 105 Å². The molecule has 1 unspecified atom stereocenters. The summed E-state index contributed by atoms with van der Waals surface area (Å²) in [4.78, 5) is 10.8. The smallest absolute Gasteiger partial charge is 0.228 e. The lowest BCUT2D eigenvalue weighted by atomic mass is 10.3. The highest BCUT2D eigenvalue weighted by atomic mass is 79.9. The Morgan fingerprint density at radius 2 is 2.19 bits per heavy atom. The number of nitrogens with zero attached hydrogens (tertiary/aromatic N) is 3. The molecule has 16 heavy (non-hydrogen) atoms. The molecule has 0 aromatic carbocycles. The van der Waals surface area contributed by atoms with E-state index in [9.17, 15) is 0 Å². The predicted octanol–water partition coefficient (Wildman–Crippen LogP) is 2.40. The molecule has 0 amide bonds. The maximum absolute atomic E-state index is 5.40. The molecule has 0 fully saturated rings. The zero-order valence-corrected chi connectivity index (χ0v) is 11.8. The van der Waals surface area contributed by atoms with Crippen molar-refractivity contribution in [3.8, 4) is 5.88 Å². The molecule has 0 N–H and O–H groups in total. The number of hydrogen-bond acceptors (Lipinski definition) is 4. The number of rotatable bonds is 5. The number of aryl methyl sites for hydroxylation is 1. The highest BCUT2D eigenvalue weighted by molar-refractivity contribution is 9.09. The van der Waals surface area contributed by atoms with Crippen LogP contribution in [-0.2, 0) is 0 Å². The zero-order valence-electron chi connectivity index (χ0n) is 10.2. The van der Waals surface area contributed by atoms with E-state index in [4.69, 9.17) is 4.74 Å². The van der Waals surface area contributed by atoms with E-state index in [1.165, 1.54) is 0 Å². The lowest BCUT2D eigenvalue weighted by Crippen LogP contribution is -2.31. The Hall–Kier alpha value is -0.840. The van der Waals surface area contributed by atoms with Crippen molar-refractivity contribution in [1.82, 2.24) is 9.97 Å². The van der Waals surface area contributed by atoms with Gasteiger partial charge in [0.1, 0.15) is 0 Å². The van der Waals surface area contributed by atoms with E-state index in [0.717, 1.165) is 11.0 Å². The number of anilines is 1. The summed E-state index contributed by atoms with van der Waals surface area (Å²) in [5.41, 5.74) is 0.919. The van der Waals surface area contributed by atoms with Gasteiger partial charge in [-0.25, -0.2) is 4.98 Å². The minimum atomic E-state index is 0.344. The zero-order chi connectivity index (χ0) is 12.1. The lowest BCUT2D eigenvalue weighted by Gasteiger charge is -2.23.